The van der Waals surface area contributed by atoms with Crippen molar-refractivity contribution in [1.29, 1.82) is 0 Å². The maximum absolute atomic E-state index is 11.4. The summed E-state index contributed by atoms with van der Waals surface area (Å²) in [6.07, 6.45) is 1.01. The average Bonchev–Trinajstić information content (AvgIpc) is 2.61. The number of hydrogen-bond acceptors (Lipinski definition) is 5. The maximum Gasteiger partial charge on any atom is 0.334 e. The van der Waals surface area contributed by atoms with Crippen molar-refractivity contribution in [2.75, 3.05) is 6.26 Å². The fourth-order valence-corrected chi connectivity index (χ4v) is 1.97. The Hall–Kier alpha value is -1.89. The molecule has 0 bridgehead atoms. The van der Waals surface area contributed by atoms with Gasteiger partial charge >= 0.3 is 6.01 Å². The van der Waals surface area contributed by atoms with Crippen molar-refractivity contribution in [3.8, 4) is 11.7 Å². The second-order valence-electron chi connectivity index (χ2n) is 3.21. The molecule has 7 heteroatoms. The molecule has 0 spiro atoms. The molecule has 0 radical (unpaired) electrons. The average molecular weight is 239 g/mol. The van der Waals surface area contributed by atoms with Crippen molar-refractivity contribution in [2.24, 2.45) is 0 Å². The minimum atomic E-state index is -3.53. The first-order valence-corrected chi connectivity index (χ1v) is 6.29. The summed E-state index contributed by atoms with van der Waals surface area (Å²) < 4.78 is 23.9. The van der Waals surface area contributed by atoms with Crippen molar-refractivity contribution in [1.82, 2.24) is 14.8 Å². The maximum atomic E-state index is 11.4. The van der Waals surface area contributed by atoms with E-state index in [1.807, 2.05) is 0 Å². The van der Waals surface area contributed by atoms with Gasteiger partial charge in [0.05, 0.1) is 5.69 Å². The number of aromatic nitrogens is 3. The van der Waals surface area contributed by atoms with Gasteiger partial charge in [0.2, 0.25) is 9.84 Å². The third-order valence-electron chi connectivity index (χ3n) is 1.90. The van der Waals surface area contributed by atoms with Gasteiger partial charge < -0.3 is 5.11 Å². The zero-order valence-electron chi connectivity index (χ0n) is 8.40. The lowest BCUT2D eigenvalue weighted by molar-refractivity contribution is 0.429. The molecule has 2 aromatic rings. The van der Waals surface area contributed by atoms with Crippen LogP contribution in [-0.2, 0) is 9.84 Å². The van der Waals surface area contributed by atoms with E-state index in [1.165, 1.54) is 0 Å². The Bertz CT molecular complexity index is 604. The number of rotatable bonds is 2. The first-order chi connectivity index (χ1) is 7.48. The largest absolute Gasteiger partial charge is 0.478 e. The molecule has 0 aliphatic carbocycles. The van der Waals surface area contributed by atoms with Crippen LogP contribution in [0.2, 0.25) is 0 Å². The molecule has 1 heterocycles. The van der Waals surface area contributed by atoms with E-state index in [2.05, 4.69) is 10.1 Å². The smallest absolute Gasteiger partial charge is 0.334 e. The van der Waals surface area contributed by atoms with Gasteiger partial charge in [0.1, 0.15) is 0 Å². The Balaban J connectivity index is 2.67. The van der Waals surface area contributed by atoms with Gasteiger partial charge in [0, 0.05) is 6.26 Å². The Morgan fingerprint density at radius 1 is 1.25 bits per heavy atom. The van der Waals surface area contributed by atoms with Gasteiger partial charge in [-0.3, -0.25) is 0 Å². The predicted octanol–water partition coefficient (Wildman–Crippen LogP) is 0.376. The summed E-state index contributed by atoms with van der Waals surface area (Å²) >= 11 is 0. The molecule has 1 aromatic carbocycles. The SMILES string of the molecule is CS(=O)(=O)c1nc(O)nn1-c1ccccc1. The molecule has 0 fully saturated rings. The minimum Gasteiger partial charge on any atom is -0.478 e. The van der Waals surface area contributed by atoms with Crippen molar-refractivity contribution in [2.45, 2.75) is 5.16 Å². The Morgan fingerprint density at radius 3 is 2.44 bits per heavy atom. The summed E-state index contributed by atoms with van der Waals surface area (Å²) in [6.45, 7) is 0. The van der Waals surface area contributed by atoms with Crippen molar-refractivity contribution < 1.29 is 13.5 Å². The molecule has 0 amide bonds. The highest BCUT2D eigenvalue weighted by atomic mass is 32.2. The second-order valence-corrected chi connectivity index (χ2v) is 5.12. The molecule has 0 aliphatic rings. The van der Waals surface area contributed by atoms with Gasteiger partial charge in [-0.2, -0.15) is 4.98 Å². The van der Waals surface area contributed by atoms with Gasteiger partial charge in [-0.15, -0.1) is 5.10 Å². The monoisotopic (exact) mass is 239 g/mol. The first-order valence-electron chi connectivity index (χ1n) is 4.40. The number of benzene rings is 1. The molecule has 16 heavy (non-hydrogen) atoms. The highest BCUT2D eigenvalue weighted by Gasteiger charge is 2.19. The van der Waals surface area contributed by atoms with Gasteiger partial charge in [-0.05, 0) is 12.1 Å². The summed E-state index contributed by atoms with van der Waals surface area (Å²) in [7, 11) is -3.53. The highest BCUT2D eigenvalue weighted by Crippen LogP contribution is 2.15. The molecular formula is C9H9N3O3S. The molecule has 0 aliphatic heterocycles. The second kappa shape index (κ2) is 3.60. The molecular weight excluding hydrogens is 230 g/mol. The minimum absolute atomic E-state index is 0.281. The number of aromatic hydroxyl groups is 1. The van der Waals surface area contributed by atoms with Crippen LogP contribution >= 0.6 is 0 Å². The van der Waals surface area contributed by atoms with Crippen LogP contribution in [-0.4, -0.2) is 34.5 Å². The van der Waals surface area contributed by atoms with Crippen LogP contribution in [0.5, 0.6) is 6.01 Å². The predicted molar refractivity (Wildman–Crippen MR) is 56.1 cm³/mol. The van der Waals surface area contributed by atoms with Gasteiger partial charge in [-0.1, -0.05) is 18.2 Å². The van der Waals surface area contributed by atoms with E-state index >= 15 is 0 Å². The van der Waals surface area contributed by atoms with E-state index in [9.17, 15) is 8.42 Å². The Labute approximate surface area is 92.1 Å². The zero-order chi connectivity index (χ0) is 11.8. The summed E-state index contributed by atoms with van der Waals surface area (Å²) in [5.74, 6) is 0. The van der Waals surface area contributed by atoms with Crippen LogP contribution in [0.4, 0.5) is 0 Å². The number of para-hydroxylation sites is 1. The molecule has 0 saturated carbocycles. The first kappa shape index (κ1) is 10.6. The van der Waals surface area contributed by atoms with E-state index < -0.39 is 15.8 Å². The van der Waals surface area contributed by atoms with E-state index in [-0.39, 0.29) is 5.16 Å². The standard InChI is InChI=1S/C9H9N3O3S/c1-16(14,15)9-10-8(13)11-12(9)7-5-3-2-4-6-7/h2-6H,1H3,(H,11,13). The lowest BCUT2D eigenvalue weighted by atomic mass is 10.3. The van der Waals surface area contributed by atoms with E-state index in [0.29, 0.717) is 5.69 Å². The summed E-state index contributed by atoms with van der Waals surface area (Å²) in [6, 6.07) is 8.04. The molecule has 84 valence electrons. The normalized spacial score (nSPS) is 11.6. The fraction of sp³-hybridized carbons (Fsp3) is 0.111. The molecule has 1 aromatic heterocycles. The van der Waals surface area contributed by atoms with Gasteiger partial charge in [0.25, 0.3) is 5.16 Å². The van der Waals surface area contributed by atoms with Gasteiger partial charge in [0.15, 0.2) is 0 Å². The lowest BCUT2D eigenvalue weighted by Crippen LogP contribution is -2.08. The van der Waals surface area contributed by atoms with E-state index in [1.54, 1.807) is 30.3 Å². The molecule has 2 rings (SSSR count). The van der Waals surface area contributed by atoms with Crippen LogP contribution in [0.3, 0.4) is 0 Å². The van der Waals surface area contributed by atoms with Crippen molar-refractivity contribution in [3.05, 3.63) is 30.3 Å². The van der Waals surface area contributed by atoms with Crippen LogP contribution in [0.25, 0.3) is 5.69 Å². The van der Waals surface area contributed by atoms with Crippen molar-refractivity contribution in [3.63, 3.8) is 0 Å². The molecule has 6 nitrogen and oxygen atoms in total. The summed E-state index contributed by atoms with van der Waals surface area (Å²) in [5.41, 5.74) is 0.524. The highest BCUT2D eigenvalue weighted by molar-refractivity contribution is 7.90. The molecule has 0 atom stereocenters. The molecule has 0 saturated heterocycles. The van der Waals surface area contributed by atoms with Crippen LogP contribution < -0.4 is 0 Å². The summed E-state index contributed by atoms with van der Waals surface area (Å²) in [5, 5.41) is 12.5. The summed E-state index contributed by atoms with van der Waals surface area (Å²) in [4.78, 5) is 3.48. The Kier molecular flexibility index (Phi) is 2.39. The number of nitrogens with zero attached hydrogens (tertiary/aromatic N) is 3. The topological polar surface area (TPSA) is 85.1 Å². The third kappa shape index (κ3) is 1.89. The number of sulfone groups is 1. The third-order valence-corrected chi connectivity index (χ3v) is 2.83. The van der Waals surface area contributed by atoms with Crippen molar-refractivity contribution >= 4 is 9.84 Å². The molecule has 1 N–H and O–H groups in total. The van der Waals surface area contributed by atoms with Gasteiger partial charge in [-0.25, -0.2) is 13.1 Å². The quantitative estimate of drug-likeness (QED) is 0.818. The van der Waals surface area contributed by atoms with Crippen LogP contribution in [0.15, 0.2) is 35.5 Å². The number of hydrogen-bond donors (Lipinski definition) is 1. The molecule has 0 unspecified atom stereocenters. The van der Waals surface area contributed by atoms with E-state index in [0.717, 1.165) is 10.9 Å². The Morgan fingerprint density at radius 2 is 1.88 bits per heavy atom. The van der Waals surface area contributed by atoms with E-state index in [4.69, 9.17) is 5.11 Å². The van der Waals surface area contributed by atoms with Crippen LogP contribution in [0, 0.1) is 0 Å². The van der Waals surface area contributed by atoms with Crippen LogP contribution in [0.1, 0.15) is 0 Å². The fourth-order valence-electron chi connectivity index (χ4n) is 1.26. The lowest BCUT2D eigenvalue weighted by Gasteiger charge is -2.02. The zero-order valence-corrected chi connectivity index (χ0v) is 9.22.